The van der Waals surface area contributed by atoms with Gasteiger partial charge in [-0.15, -0.1) is 0 Å². The summed E-state index contributed by atoms with van der Waals surface area (Å²) in [7, 11) is 0. The average molecular weight is 362 g/mol. The highest BCUT2D eigenvalue weighted by atomic mass is 16.5. The second kappa shape index (κ2) is 9.00. The summed E-state index contributed by atoms with van der Waals surface area (Å²) in [6, 6.07) is 18.8. The fourth-order valence-corrected chi connectivity index (χ4v) is 2.28. The molecule has 0 saturated carbocycles. The van der Waals surface area contributed by atoms with Crippen LogP contribution in [0, 0.1) is 0 Å². The molecule has 0 radical (unpaired) electrons. The van der Waals surface area contributed by atoms with Gasteiger partial charge in [-0.3, -0.25) is 15.2 Å². The number of ether oxygens (including phenoxy) is 1. The van der Waals surface area contributed by atoms with Crippen molar-refractivity contribution in [2.75, 3.05) is 5.32 Å². The van der Waals surface area contributed by atoms with Crippen LogP contribution in [-0.2, 0) is 6.61 Å². The summed E-state index contributed by atoms with van der Waals surface area (Å²) in [6.45, 7) is 0.300. The van der Waals surface area contributed by atoms with Crippen LogP contribution in [0.3, 0.4) is 0 Å². The van der Waals surface area contributed by atoms with Crippen LogP contribution in [0.15, 0.2) is 79.1 Å². The van der Waals surface area contributed by atoms with E-state index < -0.39 is 11.9 Å². The van der Waals surface area contributed by atoms with E-state index in [0.717, 1.165) is 5.56 Å². The average Bonchev–Trinajstić information content (AvgIpc) is 2.72. The molecule has 0 saturated heterocycles. The highest BCUT2D eigenvalue weighted by Gasteiger charge is 2.13. The van der Waals surface area contributed by atoms with Crippen molar-refractivity contribution in [3.8, 4) is 5.75 Å². The lowest BCUT2D eigenvalue weighted by Gasteiger charge is -2.12. The van der Waals surface area contributed by atoms with Gasteiger partial charge >= 0.3 is 6.03 Å². The maximum Gasteiger partial charge on any atom is 0.337 e. The zero-order chi connectivity index (χ0) is 18.9. The Bertz CT molecular complexity index is 901. The van der Waals surface area contributed by atoms with Crippen molar-refractivity contribution in [3.63, 3.8) is 0 Å². The van der Waals surface area contributed by atoms with Crippen LogP contribution in [0.2, 0.25) is 0 Å². The first-order valence-electron chi connectivity index (χ1n) is 8.25. The van der Waals surface area contributed by atoms with Gasteiger partial charge in [-0.25, -0.2) is 10.2 Å². The van der Waals surface area contributed by atoms with Crippen LogP contribution in [0.5, 0.6) is 5.75 Å². The van der Waals surface area contributed by atoms with Crippen molar-refractivity contribution in [2.24, 2.45) is 0 Å². The van der Waals surface area contributed by atoms with Crippen molar-refractivity contribution >= 4 is 17.6 Å². The minimum absolute atomic E-state index is 0.300. The van der Waals surface area contributed by atoms with E-state index in [4.69, 9.17) is 4.74 Å². The first kappa shape index (κ1) is 17.9. The minimum atomic E-state index is -0.551. The molecule has 136 valence electrons. The molecule has 0 bridgehead atoms. The Kier molecular flexibility index (Phi) is 5.98. The minimum Gasteiger partial charge on any atom is -0.488 e. The first-order valence-corrected chi connectivity index (χ1v) is 8.25. The predicted molar refractivity (Wildman–Crippen MR) is 101 cm³/mol. The molecule has 0 aliphatic heterocycles. The van der Waals surface area contributed by atoms with E-state index in [1.807, 2.05) is 18.2 Å². The Labute approximate surface area is 156 Å². The lowest BCUT2D eigenvalue weighted by Crippen LogP contribution is -2.44. The number of nitrogens with one attached hydrogen (secondary N) is 3. The van der Waals surface area contributed by atoms with E-state index in [1.54, 1.807) is 60.9 Å². The molecule has 3 N–H and O–H groups in total. The Morgan fingerprint density at radius 2 is 1.56 bits per heavy atom. The van der Waals surface area contributed by atoms with Crippen molar-refractivity contribution < 1.29 is 14.3 Å². The fraction of sp³-hybridized carbons (Fsp3) is 0.0500. The van der Waals surface area contributed by atoms with E-state index in [1.165, 1.54) is 0 Å². The number of hydrogen-bond donors (Lipinski definition) is 3. The normalized spacial score (nSPS) is 9.93. The van der Waals surface area contributed by atoms with E-state index in [2.05, 4.69) is 21.2 Å². The van der Waals surface area contributed by atoms with Gasteiger partial charge in [0, 0.05) is 18.1 Å². The van der Waals surface area contributed by atoms with Crippen molar-refractivity contribution in [1.82, 2.24) is 15.8 Å². The highest BCUT2D eigenvalue weighted by molar-refractivity contribution is 5.99. The number of carbonyl (C=O) groups excluding carboxylic acids is 2. The molecule has 0 atom stereocenters. The maximum atomic E-state index is 12.4. The largest absolute Gasteiger partial charge is 0.488 e. The molecule has 1 heterocycles. The molecule has 0 unspecified atom stereocenters. The second-order valence-corrected chi connectivity index (χ2v) is 5.54. The van der Waals surface area contributed by atoms with Crippen molar-refractivity contribution in [3.05, 3.63) is 90.3 Å². The molecule has 3 amide bonds. The summed E-state index contributed by atoms with van der Waals surface area (Å²) in [5, 5.41) is 2.61. The monoisotopic (exact) mass is 362 g/mol. The molecular weight excluding hydrogens is 344 g/mol. The molecule has 7 nitrogen and oxygen atoms in total. The molecular formula is C20H18N4O3. The quantitative estimate of drug-likeness (QED) is 0.608. The number of pyridine rings is 1. The number of benzene rings is 2. The van der Waals surface area contributed by atoms with Gasteiger partial charge in [0.1, 0.15) is 12.4 Å². The maximum absolute atomic E-state index is 12.4. The van der Waals surface area contributed by atoms with Crippen LogP contribution in [0.1, 0.15) is 15.9 Å². The van der Waals surface area contributed by atoms with E-state index in [0.29, 0.717) is 23.6 Å². The number of hydrazine groups is 1. The fourth-order valence-electron chi connectivity index (χ4n) is 2.28. The van der Waals surface area contributed by atoms with Gasteiger partial charge in [-0.1, -0.05) is 30.3 Å². The first-order chi connectivity index (χ1) is 13.2. The number of nitrogens with zero attached hydrogens (tertiary/aromatic N) is 1. The summed E-state index contributed by atoms with van der Waals surface area (Å²) in [5.74, 6) is -0.0689. The lowest BCUT2D eigenvalue weighted by atomic mass is 10.2. The third kappa shape index (κ3) is 5.30. The molecule has 7 heteroatoms. The lowest BCUT2D eigenvalue weighted by molar-refractivity contribution is 0.0933. The van der Waals surface area contributed by atoms with Gasteiger partial charge in [0.15, 0.2) is 0 Å². The number of amides is 3. The van der Waals surface area contributed by atoms with Gasteiger partial charge in [0.2, 0.25) is 0 Å². The number of aromatic nitrogens is 1. The van der Waals surface area contributed by atoms with Crippen molar-refractivity contribution in [1.29, 1.82) is 0 Å². The molecule has 0 aliphatic carbocycles. The third-order valence-electron chi connectivity index (χ3n) is 3.60. The Morgan fingerprint density at radius 3 is 2.33 bits per heavy atom. The Morgan fingerprint density at radius 1 is 0.852 bits per heavy atom. The van der Waals surface area contributed by atoms with E-state index in [-0.39, 0.29) is 0 Å². The van der Waals surface area contributed by atoms with Gasteiger partial charge in [-0.05, 0) is 42.0 Å². The number of carbonyl (C=O) groups is 2. The Hall–Kier alpha value is -3.87. The zero-order valence-corrected chi connectivity index (χ0v) is 14.4. The highest BCUT2D eigenvalue weighted by Crippen LogP contribution is 2.19. The summed E-state index contributed by atoms with van der Waals surface area (Å²) in [5.41, 5.74) is 6.54. The number of para-hydroxylation sites is 2. The van der Waals surface area contributed by atoms with Crippen LogP contribution in [-0.4, -0.2) is 16.9 Å². The van der Waals surface area contributed by atoms with Crippen LogP contribution in [0.25, 0.3) is 0 Å². The van der Waals surface area contributed by atoms with E-state index in [9.17, 15) is 9.59 Å². The summed E-state index contributed by atoms with van der Waals surface area (Å²) in [6.07, 6.45) is 3.35. The van der Waals surface area contributed by atoms with Crippen LogP contribution in [0.4, 0.5) is 10.5 Å². The molecule has 0 spiro atoms. The van der Waals surface area contributed by atoms with Gasteiger partial charge in [0.05, 0.1) is 5.56 Å². The topological polar surface area (TPSA) is 92.4 Å². The summed E-state index contributed by atoms with van der Waals surface area (Å²) < 4.78 is 5.73. The smallest absolute Gasteiger partial charge is 0.337 e. The van der Waals surface area contributed by atoms with Gasteiger partial charge in [0.25, 0.3) is 5.91 Å². The molecule has 3 rings (SSSR count). The number of hydrogen-bond acceptors (Lipinski definition) is 4. The number of anilines is 1. The number of rotatable bonds is 5. The van der Waals surface area contributed by atoms with Gasteiger partial charge < -0.3 is 10.1 Å². The molecule has 1 aromatic heterocycles. The molecule has 2 aromatic carbocycles. The zero-order valence-electron chi connectivity index (χ0n) is 14.4. The van der Waals surface area contributed by atoms with Crippen LogP contribution < -0.4 is 20.9 Å². The SMILES string of the molecule is O=C(NNC(=O)c1ccccc1OCc1ccncc1)Nc1ccccc1. The van der Waals surface area contributed by atoms with Crippen LogP contribution >= 0.6 is 0 Å². The molecule has 3 aromatic rings. The standard InChI is InChI=1S/C20H18N4O3/c25-19(23-24-20(26)22-16-6-2-1-3-7-16)17-8-4-5-9-18(17)27-14-15-10-12-21-13-11-15/h1-13H,14H2,(H,23,25)(H2,22,24,26). The number of urea groups is 1. The summed E-state index contributed by atoms with van der Waals surface area (Å²) in [4.78, 5) is 28.2. The predicted octanol–water partition coefficient (Wildman–Crippen LogP) is 3.13. The van der Waals surface area contributed by atoms with Crippen molar-refractivity contribution in [2.45, 2.75) is 6.61 Å². The molecule has 0 fully saturated rings. The third-order valence-corrected chi connectivity index (χ3v) is 3.60. The summed E-state index contributed by atoms with van der Waals surface area (Å²) >= 11 is 0. The van der Waals surface area contributed by atoms with Gasteiger partial charge in [-0.2, -0.15) is 0 Å². The van der Waals surface area contributed by atoms with E-state index >= 15 is 0 Å². The second-order valence-electron chi connectivity index (χ2n) is 5.54. The molecule has 27 heavy (non-hydrogen) atoms. The molecule has 0 aliphatic rings. The Balaban J connectivity index is 1.57.